The number of hydrogen-bond acceptors (Lipinski definition) is 2. The minimum Gasteiger partial charge on any atom is -0.384 e. The monoisotopic (exact) mass is 275 g/mol. The van der Waals surface area contributed by atoms with Gasteiger partial charge in [-0.1, -0.05) is 25.7 Å². The molecule has 0 aliphatic carbocycles. The zero-order valence-electron chi connectivity index (χ0n) is 11.7. The molecule has 1 N–H and O–H groups in total. The highest BCUT2D eigenvalue weighted by atomic mass is 19.1. The first-order valence-electron chi connectivity index (χ1n) is 6.71. The van der Waals surface area contributed by atoms with Gasteiger partial charge in [-0.25, -0.2) is 4.39 Å². The van der Waals surface area contributed by atoms with Gasteiger partial charge in [0.05, 0.1) is 5.56 Å². The summed E-state index contributed by atoms with van der Waals surface area (Å²) in [6, 6.07) is 4.30. The van der Waals surface area contributed by atoms with Gasteiger partial charge < -0.3 is 10.0 Å². The second-order valence-electron chi connectivity index (χ2n) is 5.32. The number of rotatable bonds is 1. The van der Waals surface area contributed by atoms with E-state index in [0.29, 0.717) is 30.5 Å². The van der Waals surface area contributed by atoms with E-state index in [1.54, 1.807) is 11.0 Å². The number of aliphatic hydroxyl groups is 1. The van der Waals surface area contributed by atoms with Crippen molar-refractivity contribution in [2.24, 2.45) is 11.8 Å². The number of aliphatic hydroxyl groups excluding tert-OH is 1. The average Bonchev–Trinajstić information content (AvgIpc) is 2.76. The van der Waals surface area contributed by atoms with Crippen molar-refractivity contribution >= 4 is 5.91 Å². The number of halogens is 1. The second kappa shape index (κ2) is 6.06. The van der Waals surface area contributed by atoms with Crippen molar-refractivity contribution in [1.82, 2.24) is 4.90 Å². The number of likely N-dealkylation sites (tertiary alicyclic amines) is 1. The lowest BCUT2D eigenvalue weighted by molar-refractivity contribution is 0.0780. The summed E-state index contributed by atoms with van der Waals surface area (Å²) in [6.45, 7) is 5.27. The molecule has 1 fully saturated rings. The van der Waals surface area contributed by atoms with Crippen molar-refractivity contribution < 1.29 is 14.3 Å². The molecule has 1 amide bonds. The quantitative estimate of drug-likeness (QED) is 0.795. The molecule has 0 saturated carbocycles. The Morgan fingerprint density at radius 2 is 2.05 bits per heavy atom. The molecular weight excluding hydrogens is 257 g/mol. The number of carbonyl (C=O) groups is 1. The highest BCUT2D eigenvalue weighted by molar-refractivity contribution is 5.94. The van der Waals surface area contributed by atoms with E-state index in [1.807, 2.05) is 0 Å². The predicted molar refractivity (Wildman–Crippen MR) is 74.6 cm³/mol. The van der Waals surface area contributed by atoms with Crippen LogP contribution in [0.2, 0.25) is 0 Å². The Kier molecular flexibility index (Phi) is 4.41. The third-order valence-corrected chi connectivity index (χ3v) is 3.79. The second-order valence-corrected chi connectivity index (χ2v) is 5.32. The number of carbonyl (C=O) groups excluding carboxylic acids is 1. The number of hydrogen-bond donors (Lipinski definition) is 1. The Balaban J connectivity index is 2.19. The van der Waals surface area contributed by atoms with Crippen LogP contribution in [0, 0.1) is 29.5 Å². The minimum atomic E-state index is -0.563. The minimum absolute atomic E-state index is 0.0841. The summed E-state index contributed by atoms with van der Waals surface area (Å²) in [5.41, 5.74) is 0.539. The van der Waals surface area contributed by atoms with Gasteiger partial charge in [-0.3, -0.25) is 4.79 Å². The molecule has 20 heavy (non-hydrogen) atoms. The summed E-state index contributed by atoms with van der Waals surface area (Å²) in [7, 11) is 0. The molecule has 2 atom stereocenters. The van der Waals surface area contributed by atoms with E-state index in [2.05, 4.69) is 25.7 Å². The van der Waals surface area contributed by atoms with Crippen LogP contribution in [-0.4, -0.2) is 35.6 Å². The molecule has 1 aliphatic rings. The SMILES string of the molecule is CC1CN(C(=O)c2ccc(C#CCO)cc2F)CC1C. The van der Waals surface area contributed by atoms with E-state index >= 15 is 0 Å². The maximum atomic E-state index is 14.0. The van der Waals surface area contributed by atoms with Crippen LogP contribution in [0.15, 0.2) is 18.2 Å². The molecule has 0 bridgehead atoms. The largest absolute Gasteiger partial charge is 0.384 e. The van der Waals surface area contributed by atoms with E-state index in [4.69, 9.17) is 5.11 Å². The maximum Gasteiger partial charge on any atom is 0.256 e. The van der Waals surface area contributed by atoms with Gasteiger partial charge in [-0.2, -0.15) is 0 Å². The summed E-state index contributed by atoms with van der Waals surface area (Å²) < 4.78 is 14.0. The van der Waals surface area contributed by atoms with Crippen LogP contribution >= 0.6 is 0 Å². The standard InChI is InChI=1S/C16H18FNO2/c1-11-9-18(10-12(11)2)16(20)14-6-5-13(4-3-7-19)8-15(14)17/h5-6,8,11-12,19H,7,9-10H2,1-2H3. The third-order valence-electron chi connectivity index (χ3n) is 3.79. The van der Waals surface area contributed by atoms with E-state index < -0.39 is 5.82 Å². The van der Waals surface area contributed by atoms with E-state index in [0.717, 1.165) is 0 Å². The lowest BCUT2D eigenvalue weighted by atomic mass is 10.0. The molecule has 0 aromatic heterocycles. The van der Waals surface area contributed by atoms with Gasteiger partial charge in [-0.05, 0) is 30.0 Å². The van der Waals surface area contributed by atoms with Crippen LogP contribution in [0.4, 0.5) is 4.39 Å². The number of benzene rings is 1. The Labute approximate surface area is 118 Å². The molecule has 1 heterocycles. The van der Waals surface area contributed by atoms with Crippen LogP contribution in [0.3, 0.4) is 0 Å². The van der Waals surface area contributed by atoms with E-state index in [1.165, 1.54) is 12.1 Å². The average molecular weight is 275 g/mol. The Bertz CT molecular complexity index is 564. The molecule has 0 radical (unpaired) electrons. The molecule has 2 unspecified atom stereocenters. The molecule has 106 valence electrons. The Morgan fingerprint density at radius 1 is 1.40 bits per heavy atom. The molecule has 4 heteroatoms. The van der Waals surface area contributed by atoms with Crippen LogP contribution in [-0.2, 0) is 0 Å². The molecule has 1 aromatic rings. The topological polar surface area (TPSA) is 40.5 Å². The molecule has 0 spiro atoms. The third kappa shape index (κ3) is 3.00. The first-order chi connectivity index (χ1) is 9.52. The molecule has 1 saturated heterocycles. The van der Waals surface area contributed by atoms with Crippen LogP contribution in [0.5, 0.6) is 0 Å². The van der Waals surface area contributed by atoms with Crippen molar-refractivity contribution in [3.05, 3.63) is 35.1 Å². The lowest BCUT2D eigenvalue weighted by Crippen LogP contribution is -2.29. The Hall–Kier alpha value is -1.86. The molecule has 3 nitrogen and oxygen atoms in total. The Morgan fingerprint density at radius 3 is 2.60 bits per heavy atom. The first-order valence-corrected chi connectivity index (χ1v) is 6.71. The van der Waals surface area contributed by atoms with E-state index in [-0.39, 0.29) is 18.1 Å². The van der Waals surface area contributed by atoms with Crippen LogP contribution in [0.25, 0.3) is 0 Å². The number of nitrogens with zero attached hydrogens (tertiary/aromatic N) is 1. The zero-order valence-corrected chi connectivity index (χ0v) is 11.7. The van der Waals surface area contributed by atoms with Gasteiger partial charge in [0.2, 0.25) is 0 Å². The van der Waals surface area contributed by atoms with Gasteiger partial charge in [0.15, 0.2) is 0 Å². The van der Waals surface area contributed by atoms with Gasteiger partial charge in [0.25, 0.3) is 5.91 Å². The first kappa shape index (κ1) is 14.5. The van der Waals surface area contributed by atoms with Gasteiger partial charge >= 0.3 is 0 Å². The van der Waals surface area contributed by atoms with Crippen LogP contribution in [0.1, 0.15) is 29.8 Å². The molecular formula is C16H18FNO2. The summed E-state index contributed by atoms with van der Waals surface area (Å²) in [5, 5.41) is 8.60. The van der Waals surface area contributed by atoms with Crippen LogP contribution < -0.4 is 0 Å². The highest BCUT2D eigenvalue weighted by Crippen LogP contribution is 2.24. The molecule has 1 aliphatic heterocycles. The van der Waals surface area contributed by atoms with Crippen molar-refractivity contribution in [1.29, 1.82) is 0 Å². The van der Waals surface area contributed by atoms with Crippen molar-refractivity contribution in [3.63, 3.8) is 0 Å². The summed E-state index contributed by atoms with van der Waals surface area (Å²) in [5.74, 6) is 5.13. The van der Waals surface area contributed by atoms with Gasteiger partial charge in [0.1, 0.15) is 12.4 Å². The summed E-state index contributed by atoms with van der Waals surface area (Å²) >= 11 is 0. The predicted octanol–water partition coefficient (Wildman–Crippen LogP) is 1.90. The van der Waals surface area contributed by atoms with E-state index in [9.17, 15) is 9.18 Å². The van der Waals surface area contributed by atoms with Crippen molar-refractivity contribution in [3.8, 4) is 11.8 Å². The number of amides is 1. The zero-order chi connectivity index (χ0) is 14.7. The highest BCUT2D eigenvalue weighted by Gasteiger charge is 2.30. The lowest BCUT2D eigenvalue weighted by Gasteiger charge is -2.16. The molecule has 2 rings (SSSR count). The van der Waals surface area contributed by atoms with Gasteiger partial charge in [-0.15, -0.1) is 0 Å². The van der Waals surface area contributed by atoms with Gasteiger partial charge in [0, 0.05) is 18.7 Å². The van der Waals surface area contributed by atoms with Crippen molar-refractivity contribution in [2.45, 2.75) is 13.8 Å². The fraction of sp³-hybridized carbons (Fsp3) is 0.438. The summed E-state index contributed by atoms with van der Waals surface area (Å²) in [4.78, 5) is 14.0. The fourth-order valence-electron chi connectivity index (χ4n) is 2.37. The normalized spacial score (nSPS) is 21.5. The maximum absolute atomic E-state index is 14.0. The molecule has 1 aromatic carbocycles. The smallest absolute Gasteiger partial charge is 0.256 e. The summed E-state index contributed by atoms with van der Waals surface area (Å²) in [6.07, 6.45) is 0. The van der Waals surface area contributed by atoms with Crippen molar-refractivity contribution in [2.75, 3.05) is 19.7 Å². The fourth-order valence-corrected chi connectivity index (χ4v) is 2.37.